The Morgan fingerprint density at radius 3 is 2.94 bits per heavy atom. The van der Waals surface area contributed by atoms with E-state index in [2.05, 4.69) is 4.98 Å². The molecule has 1 aromatic carbocycles. The first-order valence-electron chi connectivity index (χ1n) is 5.21. The van der Waals surface area contributed by atoms with Crippen molar-refractivity contribution in [3.8, 4) is 22.8 Å². The van der Waals surface area contributed by atoms with E-state index < -0.39 is 0 Å². The van der Waals surface area contributed by atoms with Crippen molar-refractivity contribution in [2.75, 3.05) is 13.2 Å². The molecule has 0 unspecified atom stereocenters. The first-order chi connectivity index (χ1) is 7.86. The largest absolute Gasteiger partial charge is 0.486 e. The average Bonchev–Trinajstić information content (AvgIpc) is 2.75. The van der Waals surface area contributed by atoms with Gasteiger partial charge in [-0.25, -0.2) is 4.98 Å². The fourth-order valence-corrected chi connectivity index (χ4v) is 1.89. The second-order valence-corrected chi connectivity index (χ2v) is 3.72. The number of ether oxygens (including phenoxy) is 2. The van der Waals surface area contributed by atoms with E-state index in [-0.39, 0.29) is 0 Å². The van der Waals surface area contributed by atoms with Crippen molar-refractivity contribution in [3.05, 3.63) is 30.7 Å². The molecule has 0 bridgehead atoms. The Morgan fingerprint density at radius 2 is 2.12 bits per heavy atom. The average molecular weight is 216 g/mol. The van der Waals surface area contributed by atoms with Crippen LogP contribution < -0.4 is 9.47 Å². The third-order valence-corrected chi connectivity index (χ3v) is 2.66. The van der Waals surface area contributed by atoms with Gasteiger partial charge in [-0.1, -0.05) is 6.07 Å². The van der Waals surface area contributed by atoms with Crippen LogP contribution in [0.4, 0.5) is 0 Å². The van der Waals surface area contributed by atoms with E-state index >= 15 is 0 Å². The van der Waals surface area contributed by atoms with Gasteiger partial charge >= 0.3 is 0 Å². The lowest BCUT2D eigenvalue weighted by molar-refractivity contribution is 0.172. The maximum absolute atomic E-state index is 5.67. The molecule has 0 N–H and O–H groups in total. The molecule has 0 atom stereocenters. The van der Waals surface area contributed by atoms with Crippen LogP contribution in [-0.4, -0.2) is 22.8 Å². The monoisotopic (exact) mass is 216 g/mol. The summed E-state index contributed by atoms with van der Waals surface area (Å²) >= 11 is 0. The number of aromatic nitrogens is 2. The van der Waals surface area contributed by atoms with Crippen molar-refractivity contribution >= 4 is 0 Å². The molecule has 2 heterocycles. The van der Waals surface area contributed by atoms with Crippen LogP contribution >= 0.6 is 0 Å². The van der Waals surface area contributed by atoms with Gasteiger partial charge < -0.3 is 14.0 Å². The number of hydrogen-bond acceptors (Lipinski definition) is 3. The predicted octanol–water partition coefficient (Wildman–Crippen LogP) is 1.86. The van der Waals surface area contributed by atoms with E-state index in [9.17, 15) is 0 Å². The van der Waals surface area contributed by atoms with Crippen molar-refractivity contribution < 1.29 is 9.47 Å². The highest BCUT2D eigenvalue weighted by molar-refractivity contribution is 5.71. The van der Waals surface area contributed by atoms with Crippen molar-refractivity contribution in [2.45, 2.75) is 0 Å². The SMILES string of the molecule is Cn1cncc1-c1cccc2c1OCCO2. The highest BCUT2D eigenvalue weighted by Crippen LogP contribution is 2.39. The quantitative estimate of drug-likeness (QED) is 0.730. The van der Waals surface area contributed by atoms with Crippen molar-refractivity contribution in [1.82, 2.24) is 9.55 Å². The van der Waals surface area contributed by atoms with Gasteiger partial charge in [0.2, 0.25) is 0 Å². The first-order valence-corrected chi connectivity index (χ1v) is 5.21. The fourth-order valence-electron chi connectivity index (χ4n) is 1.89. The number of rotatable bonds is 1. The smallest absolute Gasteiger partial charge is 0.170 e. The van der Waals surface area contributed by atoms with Gasteiger partial charge in [0.05, 0.1) is 18.2 Å². The number of hydrogen-bond donors (Lipinski definition) is 0. The molecular weight excluding hydrogens is 204 g/mol. The van der Waals surface area contributed by atoms with Crippen LogP contribution in [0.2, 0.25) is 0 Å². The molecule has 0 saturated carbocycles. The molecule has 0 aliphatic carbocycles. The van der Waals surface area contributed by atoms with E-state index in [4.69, 9.17) is 9.47 Å². The summed E-state index contributed by atoms with van der Waals surface area (Å²) in [5.74, 6) is 1.63. The molecular formula is C12H12N2O2. The van der Waals surface area contributed by atoms with Gasteiger partial charge in [0, 0.05) is 12.6 Å². The zero-order valence-corrected chi connectivity index (χ0v) is 9.01. The zero-order chi connectivity index (χ0) is 11.0. The molecule has 82 valence electrons. The molecule has 0 saturated heterocycles. The number of aryl methyl sites for hydroxylation is 1. The standard InChI is InChI=1S/C12H12N2O2/c1-14-8-13-7-10(14)9-3-2-4-11-12(9)16-6-5-15-11/h2-4,7-8H,5-6H2,1H3. The number of nitrogens with zero attached hydrogens (tertiary/aromatic N) is 2. The van der Waals surface area contributed by atoms with E-state index in [1.165, 1.54) is 0 Å². The van der Waals surface area contributed by atoms with E-state index in [1.807, 2.05) is 36.0 Å². The summed E-state index contributed by atoms with van der Waals surface area (Å²) in [4.78, 5) is 4.11. The summed E-state index contributed by atoms with van der Waals surface area (Å²) in [6, 6.07) is 5.91. The number of fused-ring (bicyclic) bond motifs is 1. The first kappa shape index (κ1) is 9.27. The third kappa shape index (κ3) is 1.34. The topological polar surface area (TPSA) is 36.3 Å². The van der Waals surface area contributed by atoms with Gasteiger partial charge in [-0.3, -0.25) is 0 Å². The van der Waals surface area contributed by atoms with Gasteiger partial charge in [-0.2, -0.15) is 0 Å². The van der Waals surface area contributed by atoms with E-state index in [0.717, 1.165) is 22.8 Å². The Bertz CT molecular complexity index is 519. The van der Waals surface area contributed by atoms with E-state index in [1.54, 1.807) is 6.33 Å². The van der Waals surface area contributed by atoms with Crippen LogP contribution in [0.15, 0.2) is 30.7 Å². The lowest BCUT2D eigenvalue weighted by Gasteiger charge is -2.20. The fraction of sp³-hybridized carbons (Fsp3) is 0.250. The second kappa shape index (κ2) is 3.56. The molecule has 1 aromatic heterocycles. The van der Waals surface area contributed by atoms with Crippen LogP contribution in [0.1, 0.15) is 0 Å². The Hall–Kier alpha value is -1.97. The van der Waals surface area contributed by atoms with Crippen LogP contribution in [-0.2, 0) is 7.05 Å². The Morgan fingerprint density at radius 1 is 1.25 bits per heavy atom. The summed E-state index contributed by atoms with van der Waals surface area (Å²) in [5, 5.41) is 0. The Balaban J connectivity index is 2.18. The van der Waals surface area contributed by atoms with Gasteiger partial charge in [0.25, 0.3) is 0 Å². The van der Waals surface area contributed by atoms with Crippen molar-refractivity contribution in [3.63, 3.8) is 0 Å². The Labute approximate surface area is 93.4 Å². The summed E-state index contributed by atoms with van der Waals surface area (Å²) in [6.45, 7) is 1.21. The molecule has 0 fully saturated rings. The normalized spacial score (nSPS) is 13.8. The van der Waals surface area contributed by atoms with Gasteiger partial charge in [-0.15, -0.1) is 0 Å². The minimum Gasteiger partial charge on any atom is -0.486 e. The van der Waals surface area contributed by atoms with Crippen LogP contribution in [0.3, 0.4) is 0 Å². The Kier molecular flexibility index (Phi) is 2.06. The molecule has 4 nitrogen and oxygen atoms in total. The highest BCUT2D eigenvalue weighted by atomic mass is 16.6. The third-order valence-electron chi connectivity index (χ3n) is 2.66. The number of benzene rings is 1. The summed E-state index contributed by atoms with van der Waals surface area (Å²) in [7, 11) is 1.96. The number of imidazole rings is 1. The minimum atomic E-state index is 0.599. The highest BCUT2D eigenvalue weighted by Gasteiger charge is 2.17. The molecule has 1 aliphatic heterocycles. The summed E-state index contributed by atoms with van der Waals surface area (Å²) in [6.07, 6.45) is 3.60. The molecule has 1 aliphatic rings. The van der Waals surface area contributed by atoms with Crippen LogP contribution in [0, 0.1) is 0 Å². The summed E-state index contributed by atoms with van der Waals surface area (Å²) < 4.78 is 13.2. The van der Waals surface area contributed by atoms with Crippen molar-refractivity contribution in [1.29, 1.82) is 0 Å². The molecule has 16 heavy (non-hydrogen) atoms. The molecule has 2 aromatic rings. The molecule has 3 rings (SSSR count). The maximum Gasteiger partial charge on any atom is 0.170 e. The van der Waals surface area contributed by atoms with Gasteiger partial charge in [-0.05, 0) is 12.1 Å². The molecule has 4 heteroatoms. The molecule has 0 spiro atoms. The number of para-hydroxylation sites is 1. The minimum absolute atomic E-state index is 0.599. The lowest BCUT2D eigenvalue weighted by Crippen LogP contribution is -2.16. The second-order valence-electron chi connectivity index (χ2n) is 3.72. The molecule has 0 radical (unpaired) electrons. The van der Waals surface area contributed by atoms with E-state index in [0.29, 0.717) is 13.2 Å². The predicted molar refractivity (Wildman–Crippen MR) is 59.6 cm³/mol. The van der Waals surface area contributed by atoms with Gasteiger partial charge in [0.1, 0.15) is 13.2 Å². The maximum atomic E-state index is 5.67. The van der Waals surface area contributed by atoms with Crippen LogP contribution in [0.5, 0.6) is 11.5 Å². The zero-order valence-electron chi connectivity index (χ0n) is 9.01. The van der Waals surface area contributed by atoms with Crippen LogP contribution in [0.25, 0.3) is 11.3 Å². The molecule has 0 amide bonds. The summed E-state index contributed by atoms with van der Waals surface area (Å²) in [5.41, 5.74) is 2.06. The van der Waals surface area contributed by atoms with Gasteiger partial charge in [0.15, 0.2) is 11.5 Å². The van der Waals surface area contributed by atoms with Crippen molar-refractivity contribution in [2.24, 2.45) is 7.05 Å². The lowest BCUT2D eigenvalue weighted by atomic mass is 10.1.